The zero-order valence-corrected chi connectivity index (χ0v) is 13.8. The predicted molar refractivity (Wildman–Crippen MR) is 92.0 cm³/mol. The number of hydrogen-bond donors (Lipinski definition) is 1. The van der Waals surface area contributed by atoms with E-state index in [1.54, 1.807) is 6.08 Å². The molecular weight excluding hydrogens is 276 g/mol. The number of rotatable bonds is 14. The van der Waals surface area contributed by atoms with Gasteiger partial charge in [-0.1, -0.05) is 44.1 Å². The lowest BCUT2D eigenvalue weighted by Gasteiger charge is -1.95. The number of aliphatic carboxylic acids is 1. The molecule has 0 fully saturated rings. The van der Waals surface area contributed by atoms with Gasteiger partial charge in [0, 0.05) is 6.42 Å². The highest BCUT2D eigenvalue weighted by Crippen LogP contribution is 2.00. The minimum Gasteiger partial charge on any atom is -0.481 e. The van der Waals surface area contributed by atoms with Crippen LogP contribution in [0.25, 0.3) is 0 Å². The summed E-state index contributed by atoms with van der Waals surface area (Å²) in [6, 6.07) is 0. The molecule has 0 saturated carbocycles. The monoisotopic (exact) mass is 306 g/mol. The smallest absolute Gasteiger partial charge is 0.303 e. The largest absolute Gasteiger partial charge is 0.481 e. The van der Waals surface area contributed by atoms with Crippen molar-refractivity contribution in [1.82, 2.24) is 0 Å². The number of carbonyl (C=O) groups is 1. The average Bonchev–Trinajstić information content (AvgIpc) is 2.50. The molecule has 0 radical (unpaired) electrons. The second-order valence-electron chi connectivity index (χ2n) is 5.05. The molecule has 0 aliphatic carbocycles. The molecule has 0 aromatic carbocycles. The summed E-state index contributed by atoms with van der Waals surface area (Å²) in [6.07, 6.45) is 19.8. The predicted octanol–water partition coefficient (Wildman–Crippen LogP) is 5.05. The third-order valence-corrected chi connectivity index (χ3v) is 2.94. The summed E-state index contributed by atoms with van der Waals surface area (Å²) in [5.74, 6) is -0.774. The van der Waals surface area contributed by atoms with Crippen LogP contribution in [0.4, 0.5) is 0 Å². The molecule has 0 aliphatic rings. The van der Waals surface area contributed by atoms with Gasteiger partial charge in [-0.25, -0.2) is 0 Å². The van der Waals surface area contributed by atoms with Crippen molar-refractivity contribution in [2.75, 3.05) is 13.2 Å². The van der Waals surface area contributed by atoms with Gasteiger partial charge in [0.25, 0.3) is 0 Å². The summed E-state index contributed by atoms with van der Waals surface area (Å²) in [5, 5.41) is 8.45. The molecule has 0 rings (SSSR count). The summed E-state index contributed by atoms with van der Waals surface area (Å²) in [7, 11) is 0. The van der Waals surface area contributed by atoms with Crippen LogP contribution in [0, 0.1) is 0 Å². The van der Waals surface area contributed by atoms with Crippen molar-refractivity contribution in [3.8, 4) is 0 Å². The van der Waals surface area contributed by atoms with Crippen LogP contribution in [0.2, 0.25) is 0 Å². The lowest BCUT2D eigenvalue weighted by Crippen LogP contribution is -1.92. The van der Waals surface area contributed by atoms with Crippen molar-refractivity contribution >= 4 is 5.97 Å². The first kappa shape index (κ1) is 20.4. The molecule has 0 unspecified atom stereocenters. The van der Waals surface area contributed by atoms with Gasteiger partial charge in [0.1, 0.15) is 0 Å². The molecular formula is C19H30O3. The van der Waals surface area contributed by atoms with E-state index in [4.69, 9.17) is 9.84 Å². The van der Waals surface area contributed by atoms with E-state index in [1.165, 1.54) is 25.7 Å². The SMILES string of the molecule is CCCCCC=CCC=CCOCCC=C=CCCC(=O)O. The zero-order valence-electron chi connectivity index (χ0n) is 13.8. The second-order valence-corrected chi connectivity index (χ2v) is 5.05. The Kier molecular flexibility index (Phi) is 16.2. The van der Waals surface area contributed by atoms with E-state index in [0.29, 0.717) is 19.6 Å². The summed E-state index contributed by atoms with van der Waals surface area (Å²) in [4.78, 5) is 10.3. The molecule has 0 aromatic heterocycles. The Hall–Kier alpha value is -1.57. The van der Waals surface area contributed by atoms with Gasteiger partial charge in [-0.05, 0) is 44.3 Å². The van der Waals surface area contributed by atoms with Crippen molar-refractivity contribution in [2.24, 2.45) is 0 Å². The van der Waals surface area contributed by atoms with Crippen molar-refractivity contribution in [1.29, 1.82) is 0 Å². The highest BCUT2D eigenvalue weighted by molar-refractivity contribution is 5.66. The fourth-order valence-corrected chi connectivity index (χ4v) is 1.71. The molecule has 0 saturated heterocycles. The van der Waals surface area contributed by atoms with Gasteiger partial charge in [-0.2, -0.15) is 0 Å². The Morgan fingerprint density at radius 2 is 1.82 bits per heavy atom. The maximum Gasteiger partial charge on any atom is 0.303 e. The average molecular weight is 306 g/mol. The molecule has 124 valence electrons. The topological polar surface area (TPSA) is 46.5 Å². The van der Waals surface area contributed by atoms with Gasteiger partial charge in [0.05, 0.1) is 13.2 Å². The highest BCUT2D eigenvalue weighted by Gasteiger charge is 1.90. The van der Waals surface area contributed by atoms with Crippen molar-refractivity contribution < 1.29 is 14.6 Å². The van der Waals surface area contributed by atoms with Gasteiger partial charge in [-0.15, -0.1) is 5.73 Å². The number of unbranched alkanes of at least 4 members (excludes halogenated alkanes) is 3. The Labute approximate surface area is 135 Å². The summed E-state index contributed by atoms with van der Waals surface area (Å²) in [5.41, 5.74) is 2.96. The first-order valence-corrected chi connectivity index (χ1v) is 8.26. The molecule has 3 nitrogen and oxygen atoms in total. The van der Waals surface area contributed by atoms with E-state index >= 15 is 0 Å². The Bertz CT molecular complexity index is 374. The molecule has 0 amide bonds. The number of ether oxygens (including phenoxy) is 1. The Morgan fingerprint density at radius 1 is 1.05 bits per heavy atom. The number of carboxylic acids is 1. The van der Waals surface area contributed by atoms with Crippen LogP contribution in [-0.2, 0) is 9.53 Å². The first-order chi connectivity index (χ1) is 10.8. The molecule has 1 N–H and O–H groups in total. The van der Waals surface area contributed by atoms with Crippen molar-refractivity contribution in [2.45, 2.75) is 58.3 Å². The van der Waals surface area contributed by atoms with E-state index in [1.807, 2.05) is 12.2 Å². The Balaban J connectivity index is 3.36. The summed E-state index contributed by atoms with van der Waals surface area (Å²) in [6.45, 7) is 3.52. The first-order valence-electron chi connectivity index (χ1n) is 8.26. The van der Waals surface area contributed by atoms with Crippen LogP contribution in [0.1, 0.15) is 58.3 Å². The molecule has 0 bridgehead atoms. The van der Waals surface area contributed by atoms with E-state index in [2.05, 4.69) is 30.9 Å². The van der Waals surface area contributed by atoms with Gasteiger partial charge in [0.2, 0.25) is 0 Å². The lowest BCUT2D eigenvalue weighted by molar-refractivity contribution is -0.136. The number of hydrogen-bond acceptors (Lipinski definition) is 2. The minimum absolute atomic E-state index is 0.162. The molecule has 0 aromatic rings. The summed E-state index contributed by atoms with van der Waals surface area (Å²) >= 11 is 0. The fraction of sp³-hybridized carbons (Fsp3) is 0.579. The zero-order chi connectivity index (χ0) is 16.3. The van der Waals surface area contributed by atoms with Crippen LogP contribution in [-0.4, -0.2) is 24.3 Å². The van der Waals surface area contributed by atoms with E-state index < -0.39 is 5.97 Å². The highest BCUT2D eigenvalue weighted by atomic mass is 16.5. The molecule has 0 aliphatic heterocycles. The minimum atomic E-state index is -0.774. The van der Waals surface area contributed by atoms with Crippen molar-refractivity contribution in [3.63, 3.8) is 0 Å². The van der Waals surface area contributed by atoms with Crippen LogP contribution < -0.4 is 0 Å². The van der Waals surface area contributed by atoms with Crippen molar-refractivity contribution in [3.05, 3.63) is 42.2 Å². The Morgan fingerprint density at radius 3 is 2.59 bits per heavy atom. The molecule has 0 spiro atoms. The standard InChI is InChI=1S/C19H30O3/c1-2-3-4-5-6-7-8-11-14-17-22-18-15-12-9-10-13-16-19(20)21/h6-7,10-12,14H,2-5,8,13,15-18H2,1H3,(H,20,21). The van der Waals surface area contributed by atoms with E-state index in [0.717, 1.165) is 12.8 Å². The maximum atomic E-state index is 10.3. The van der Waals surface area contributed by atoms with Crippen LogP contribution >= 0.6 is 0 Å². The molecule has 3 heteroatoms. The quantitative estimate of drug-likeness (QED) is 0.277. The second kappa shape index (κ2) is 17.5. The molecule has 22 heavy (non-hydrogen) atoms. The number of carboxylic acid groups (broad SMARTS) is 1. The fourth-order valence-electron chi connectivity index (χ4n) is 1.71. The van der Waals surface area contributed by atoms with Gasteiger partial charge >= 0.3 is 5.97 Å². The maximum absolute atomic E-state index is 10.3. The summed E-state index contributed by atoms with van der Waals surface area (Å²) < 4.78 is 5.45. The third-order valence-electron chi connectivity index (χ3n) is 2.94. The van der Waals surface area contributed by atoms with E-state index in [-0.39, 0.29) is 6.42 Å². The van der Waals surface area contributed by atoms with Gasteiger partial charge in [0.15, 0.2) is 0 Å². The van der Waals surface area contributed by atoms with E-state index in [9.17, 15) is 4.79 Å². The van der Waals surface area contributed by atoms with Crippen LogP contribution in [0.3, 0.4) is 0 Å². The molecule has 0 heterocycles. The van der Waals surface area contributed by atoms with Gasteiger partial charge < -0.3 is 9.84 Å². The van der Waals surface area contributed by atoms with Crippen LogP contribution in [0.5, 0.6) is 0 Å². The normalized spacial score (nSPS) is 11.0. The molecule has 0 atom stereocenters. The third kappa shape index (κ3) is 18.4. The van der Waals surface area contributed by atoms with Crippen LogP contribution in [0.15, 0.2) is 42.2 Å². The lowest BCUT2D eigenvalue weighted by atomic mass is 10.2. The number of allylic oxidation sites excluding steroid dienone is 3. The van der Waals surface area contributed by atoms with Gasteiger partial charge in [-0.3, -0.25) is 4.79 Å².